The summed E-state index contributed by atoms with van der Waals surface area (Å²) in [6.45, 7) is 6.40. The fraction of sp³-hybridized carbons (Fsp3) is 0.571. The average molecular weight is 221 g/mol. The van der Waals surface area contributed by atoms with Gasteiger partial charge in [-0.2, -0.15) is 0 Å². The van der Waals surface area contributed by atoms with Crippen LogP contribution in [0.1, 0.15) is 38.7 Å². The summed E-state index contributed by atoms with van der Waals surface area (Å²) in [5.74, 6) is -0.124. The molecule has 0 spiro atoms. The lowest BCUT2D eigenvalue weighted by Gasteiger charge is -2.29. The summed E-state index contributed by atoms with van der Waals surface area (Å²) in [4.78, 5) is 0. The van der Waals surface area contributed by atoms with Gasteiger partial charge in [-0.3, -0.25) is 0 Å². The molecule has 0 radical (unpaired) electrons. The summed E-state index contributed by atoms with van der Waals surface area (Å²) in [5.41, 5.74) is 1.99. The van der Waals surface area contributed by atoms with Crippen LogP contribution in [-0.2, 0) is 0 Å². The van der Waals surface area contributed by atoms with Crippen molar-refractivity contribution in [2.75, 3.05) is 5.32 Å². The number of hydrogen-bond donors (Lipinski definition) is 1. The molecule has 1 nitrogen and oxygen atoms in total. The Kier molecular flexibility index (Phi) is 2.92. The number of nitrogens with one attached hydrogen (secondary N) is 1. The molecule has 1 aliphatic rings. The average Bonchev–Trinajstić information content (AvgIpc) is 2.54. The highest BCUT2D eigenvalue weighted by atomic mass is 19.1. The summed E-state index contributed by atoms with van der Waals surface area (Å²) in [5, 5.41) is 3.50. The Bertz CT molecular complexity index is 384. The fourth-order valence-electron chi connectivity index (χ4n) is 2.55. The zero-order chi connectivity index (χ0) is 11.8. The van der Waals surface area contributed by atoms with Crippen molar-refractivity contribution in [3.8, 4) is 0 Å². The first-order chi connectivity index (χ1) is 7.50. The van der Waals surface area contributed by atoms with E-state index in [9.17, 15) is 4.39 Å². The third-order valence-corrected chi connectivity index (χ3v) is 3.85. The molecule has 1 aromatic carbocycles. The van der Waals surface area contributed by atoms with Gasteiger partial charge in [0.2, 0.25) is 0 Å². The summed E-state index contributed by atoms with van der Waals surface area (Å²) in [6, 6.07) is 5.72. The Labute approximate surface area is 97.1 Å². The van der Waals surface area contributed by atoms with Gasteiger partial charge in [0.25, 0.3) is 0 Å². The van der Waals surface area contributed by atoms with Gasteiger partial charge in [-0.25, -0.2) is 4.39 Å². The van der Waals surface area contributed by atoms with Crippen LogP contribution < -0.4 is 5.32 Å². The first-order valence-electron chi connectivity index (χ1n) is 6.02. The first-order valence-corrected chi connectivity index (χ1v) is 6.02. The molecule has 0 saturated heterocycles. The molecule has 88 valence electrons. The highest BCUT2D eigenvalue weighted by molar-refractivity contribution is 5.52. The predicted octanol–water partition coefficient (Wildman–Crippen LogP) is 4.12. The van der Waals surface area contributed by atoms with Gasteiger partial charge < -0.3 is 5.32 Å². The standard InChI is InChI=1S/C14H20FN/c1-10-11(15)6-4-7-12(10)16-13-8-5-9-14(13,2)3/h4,6-7,13,16H,5,8-9H2,1-3H3. The van der Waals surface area contributed by atoms with E-state index in [1.807, 2.05) is 13.0 Å². The zero-order valence-corrected chi connectivity index (χ0v) is 10.3. The second-order valence-electron chi connectivity index (χ2n) is 5.49. The Balaban J connectivity index is 2.18. The minimum absolute atomic E-state index is 0.124. The Morgan fingerprint density at radius 2 is 2.12 bits per heavy atom. The third-order valence-electron chi connectivity index (χ3n) is 3.85. The molecule has 2 rings (SSSR count). The lowest BCUT2D eigenvalue weighted by atomic mass is 9.87. The van der Waals surface area contributed by atoms with Gasteiger partial charge in [-0.05, 0) is 37.3 Å². The molecule has 1 aromatic rings. The van der Waals surface area contributed by atoms with Gasteiger partial charge in [0.15, 0.2) is 0 Å². The van der Waals surface area contributed by atoms with E-state index in [4.69, 9.17) is 0 Å². The number of anilines is 1. The molecule has 1 N–H and O–H groups in total. The number of rotatable bonds is 2. The zero-order valence-electron chi connectivity index (χ0n) is 10.3. The molecule has 2 heteroatoms. The predicted molar refractivity (Wildman–Crippen MR) is 66.2 cm³/mol. The van der Waals surface area contributed by atoms with E-state index in [1.165, 1.54) is 25.3 Å². The van der Waals surface area contributed by atoms with Crippen molar-refractivity contribution in [1.29, 1.82) is 0 Å². The monoisotopic (exact) mass is 221 g/mol. The van der Waals surface area contributed by atoms with Crippen LogP contribution in [0.25, 0.3) is 0 Å². The fourth-order valence-corrected chi connectivity index (χ4v) is 2.55. The van der Waals surface area contributed by atoms with Crippen LogP contribution in [0.5, 0.6) is 0 Å². The van der Waals surface area contributed by atoms with Gasteiger partial charge in [-0.1, -0.05) is 26.3 Å². The van der Waals surface area contributed by atoms with Crippen molar-refractivity contribution in [1.82, 2.24) is 0 Å². The first kappa shape index (κ1) is 11.4. The molecule has 0 amide bonds. The maximum atomic E-state index is 13.4. The molecule has 0 bridgehead atoms. The number of hydrogen-bond acceptors (Lipinski definition) is 1. The molecule has 1 unspecified atom stereocenters. The molecule has 0 heterocycles. The highest BCUT2D eigenvalue weighted by Crippen LogP contribution is 2.39. The molecular weight excluding hydrogens is 201 g/mol. The molecule has 0 aromatic heterocycles. The summed E-state index contributed by atoms with van der Waals surface area (Å²) >= 11 is 0. The molecule has 1 saturated carbocycles. The molecule has 0 aliphatic heterocycles. The largest absolute Gasteiger partial charge is 0.381 e. The SMILES string of the molecule is Cc1c(F)cccc1NC1CCCC1(C)C. The second-order valence-corrected chi connectivity index (χ2v) is 5.49. The van der Waals surface area contributed by atoms with Gasteiger partial charge in [0.1, 0.15) is 5.82 Å². The molecular formula is C14H20FN. The lowest BCUT2D eigenvalue weighted by Crippen LogP contribution is -2.31. The van der Waals surface area contributed by atoms with E-state index in [0.29, 0.717) is 11.5 Å². The van der Waals surface area contributed by atoms with Crippen molar-refractivity contribution in [2.24, 2.45) is 5.41 Å². The number of benzene rings is 1. The van der Waals surface area contributed by atoms with Crippen LogP contribution >= 0.6 is 0 Å². The second kappa shape index (κ2) is 4.08. The van der Waals surface area contributed by atoms with Gasteiger partial charge >= 0.3 is 0 Å². The van der Waals surface area contributed by atoms with Crippen molar-refractivity contribution >= 4 is 5.69 Å². The van der Waals surface area contributed by atoms with E-state index < -0.39 is 0 Å². The molecule has 1 aliphatic carbocycles. The van der Waals surface area contributed by atoms with Crippen LogP contribution in [0, 0.1) is 18.2 Å². The van der Waals surface area contributed by atoms with Crippen LogP contribution in [0.2, 0.25) is 0 Å². The van der Waals surface area contributed by atoms with Crippen LogP contribution in [0.3, 0.4) is 0 Å². The number of halogens is 1. The highest BCUT2D eigenvalue weighted by Gasteiger charge is 2.34. The van der Waals surface area contributed by atoms with Crippen LogP contribution in [0.15, 0.2) is 18.2 Å². The minimum Gasteiger partial charge on any atom is -0.381 e. The Morgan fingerprint density at radius 1 is 1.38 bits per heavy atom. The maximum absolute atomic E-state index is 13.4. The van der Waals surface area contributed by atoms with Crippen molar-refractivity contribution < 1.29 is 4.39 Å². The van der Waals surface area contributed by atoms with Gasteiger partial charge in [0.05, 0.1) is 0 Å². The van der Waals surface area contributed by atoms with E-state index >= 15 is 0 Å². The molecule has 16 heavy (non-hydrogen) atoms. The van der Waals surface area contributed by atoms with Gasteiger partial charge in [-0.15, -0.1) is 0 Å². The normalized spacial score (nSPS) is 23.4. The van der Waals surface area contributed by atoms with Crippen molar-refractivity contribution in [2.45, 2.75) is 46.1 Å². The quantitative estimate of drug-likeness (QED) is 0.792. The Morgan fingerprint density at radius 3 is 2.75 bits per heavy atom. The lowest BCUT2D eigenvalue weighted by molar-refractivity contribution is 0.350. The topological polar surface area (TPSA) is 12.0 Å². The van der Waals surface area contributed by atoms with Crippen LogP contribution in [0.4, 0.5) is 10.1 Å². The van der Waals surface area contributed by atoms with E-state index in [0.717, 1.165) is 11.3 Å². The molecule has 1 fully saturated rings. The van der Waals surface area contributed by atoms with E-state index in [1.54, 1.807) is 6.07 Å². The van der Waals surface area contributed by atoms with Crippen molar-refractivity contribution in [3.05, 3.63) is 29.6 Å². The van der Waals surface area contributed by atoms with E-state index in [-0.39, 0.29) is 5.82 Å². The maximum Gasteiger partial charge on any atom is 0.128 e. The minimum atomic E-state index is -0.124. The van der Waals surface area contributed by atoms with E-state index in [2.05, 4.69) is 19.2 Å². The Hall–Kier alpha value is -1.05. The smallest absolute Gasteiger partial charge is 0.128 e. The van der Waals surface area contributed by atoms with Crippen LogP contribution in [-0.4, -0.2) is 6.04 Å². The van der Waals surface area contributed by atoms with Crippen molar-refractivity contribution in [3.63, 3.8) is 0 Å². The third kappa shape index (κ3) is 2.06. The summed E-state index contributed by atoms with van der Waals surface area (Å²) < 4.78 is 13.4. The van der Waals surface area contributed by atoms with Gasteiger partial charge in [0, 0.05) is 17.3 Å². The summed E-state index contributed by atoms with van der Waals surface area (Å²) in [6.07, 6.45) is 3.70. The summed E-state index contributed by atoms with van der Waals surface area (Å²) in [7, 11) is 0. The molecule has 1 atom stereocenters.